The Labute approximate surface area is 188 Å². The summed E-state index contributed by atoms with van der Waals surface area (Å²) in [6.45, 7) is 9.26. The van der Waals surface area contributed by atoms with Crippen LogP contribution in [0.4, 0.5) is 5.69 Å². The Bertz CT molecular complexity index is 1220. The van der Waals surface area contributed by atoms with Crippen LogP contribution in [-0.4, -0.2) is 24.4 Å². The minimum Gasteiger partial charge on any atom is -0.322 e. The molecule has 1 aromatic heterocycles. The lowest BCUT2D eigenvalue weighted by atomic mass is 10.1. The van der Waals surface area contributed by atoms with Crippen LogP contribution in [0.25, 0.3) is 5.69 Å². The van der Waals surface area contributed by atoms with Gasteiger partial charge in [-0.25, -0.2) is 13.1 Å². The molecular weight excluding hydrogens is 434 g/mol. The fourth-order valence-corrected chi connectivity index (χ4v) is 4.97. The van der Waals surface area contributed by atoms with Crippen LogP contribution in [0.2, 0.25) is 5.02 Å². The topological polar surface area (TPSA) is 80.2 Å². The van der Waals surface area contributed by atoms with Gasteiger partial charge in [-0.3, -0.25) is 4.79 Å². The lowest BCUT2D eigenvalue weighted by Crippen LogP contribution is -2.40. The van der Waals surface area contributed by atoms with Crippen molar-refractivity contribution >= 4 is 33.2 Å². The van der Waals surface area contributed by atoms with E-state index in [-0.39, 0.29) is 4.90 Å². The molecule has 2 N–H and O–H groups in total. The van der Waals surface area contributed by atoms with Gasteiger partial charge in [0, 0.05) is 28.3 Å². The molecular formula is C23H26ClN3O3S. The first-order valence-electron chi connectivity index (χ1n) is 9.78. The number of carbonyl (C=O) groups excluding carboxylic acids is 1. The Kier molecular flexibility index (Phi) is 6.32. The number of carbonyl (C=O) groups is 1. The van der Waals surface area contributed by atoms with Crippen molar-refractivity contribution in [1.29, 1.82) is 0 Å². The highest BCUT2D eigenvalue weighted by Crippen LogP contribution is 2.25. The smallest absolute Gasteiger partial charge is 0.257 e. The molecule has 1 amide bonds. The first kappa shape index (κ1) is 23.1. The van der Waals surface area contributed by atoms with Crippen LogP contribution in [0, 0.1) is 13.8 Å². The number of anilines is 1. The number of rotatable bonds is 5. The average molecular weight is 460 g/mol. The van der Waals surface area contributed by atoms with E-state index in [1.54, 1.807) is 45.0 Å². The number of benzene rings is 2. The monoisotopic (exact) mass is 459 g/mol. The molecule has 0 aliphatic heterocycles. The molecule has 164 valence electrons. The summed E-state index contributed by atoms with van der Waals surface area (Å²) < 4.78 is 29.8. The van der Waals surface area contributed by atoms with Gasteiger partial charge < -0.3 is 9.88 Å². The van der Waals surface area contributed by atoms with E-state index in [1.807, 2.05) is 36.6 Å². The van der Waals surface area contributed by atoms with Crippen LogP contribution in [0.1, 0.15) is 42.5 Å². The molecule has 8 heteroatoms. The second kappa shape index (κ2) is 8.49. The molecule has 0 aliphatic carbocycles. The molecule has 0 atom stereocenters. The van der Waals surface area contributed by atoms with Crippen LogP contribution in [-0.2, 0) is 10.0 Å². The quantitative estimate of drug-likeness (QED) is 0.558. The summed E-state index contributed by atoms with van der Waals surface area (Å²) in [7, 11) is -3.73. The highest BCUT2D eigenvalue weighted by molar-refractivity contribution is 7.89. The highest BCUT2D eigenvalue weighted by Gasteiger charge is 2.22. The van der Waals surface area contributed by atoms with Crippen LogP contribution >= 0.6 is 11.6 Å². The number of aromatic nitrogens is 1. The second-order valence-corrected chi connectivity index (χ2v) is 10.5. The number of amides is 1. The first-order valence-corrected chi connectivity index (χ1v) is 11.6. The number of hydrogen-bond donors (Lipinski definition) is 2. The van der Waals surface area contributed by atoms with Gasteiger partial charge >= 0.3 is 0 Å². The molecule has 0 fully saturated rings. The van der Waals surface area contributed by atoms with Crippen LogP contribution < -0.4 is 10.0 Å². The van der Waals surface area contributed by atoms with Crippen molar-refractivity contribution in [2.24, 2.45) is 0 Å². The lowest BCUT2D eigenvalue weighted by molar-refractivity contribution is 0.102. The van der Waals surface area contributed by atoms with Crippen molar-refractivity contribution in [3.63, 3.8) is 0 Å². The zero-order valence-electron chi connectivity index (χ0n) is 18.2. The van der Waals surface area contributed by atoms with Gasteiger partial charge in [-0.15, -0.1) is 0 Å². The number of nitrogens with one attached hydrogen (secondary N) is 2. The lowest BCUT2D eigenvalue weighted by Gasteiger charge is -2.20. The van der Waals surface area contributed by atoms with Crippen molar-refractivity contribution in [1.82, 2.24) is 9.29 Å². The summed E-state index contributed by atoms with van der Waals surface area (Å²) in [4.78, 5) is 13.0. The molecule has 0 aliphatic rings. The zero-order valence-corrected chi connectivity index (χ0v) is 19.7. The average Bonchev–Trinajstić information content (AvgIpc) is 2.99. The molecule has 0 unspecified atom stereocenters. The molecule has 3 aromatic rings. The van der Waals surface area contributed by atoms with E-state index in [0.717, 1.165) is 17.1 Å². The zero-order chi connectivity index (χ0) is 23.0. The molecule has 0 saturated carbocycles. The maximum absolute atomic E-state index is 12.9. The van der Waals surface area contributed by atoms with E-state index in [9.17, 15) is 13.2 Å². The van der Waals surface area contributed by atoms with Crippen LogP contribution in [0.15, 0.2) is 59.5 Å². The summed E-state index contributed by atoms with van der Waals surface area (Å²) in [5.41, 5.74) is 2.93. The predicted octanol–water partition coefficient (Wildman–Crippen LogP) is 5.08. The standard InChI is InChI=1S/C23H26ClN3O3S/c1-15-9-10-16(2)27(15)18-11-12-21(24)20(14-18)22(28)25-17-7-6-8-19(13-17)31(29,30)26-23(3,4)5/h6-14,26H,1-5H3,(H,25,28). The van der Waals surface area contributed by atoms with Gasteiger partial charge in [0.2, 0.25) is 10.0 Å². The normalized spacial score (nSPS) is 12.1. The van der Waals surface area contributed by atoms with Gasteiger partial charge in [0.1, 0.15) is 0 Å². The van der Waals surface area contributed by atoms with Gasteiger partial charge in [-0.1, -0.05) is 17.7 Å². The molecule has 0 bridgehead atoms. The van der Waals surface area contributed by atoms with Gasteiger partial charge in [0.15, 0.2) is 0 Å². The largest absolute Gasteiger partial charge is 0.322 e. The predicted molar refractivity (Wildman–Crippen MR) is 125 cm³/mol. The van der Waals surface area contributed by atoms with Crippen molar-refractivity contribution in [3.8, 4) is 5.69 Å². The summed E-state index contributed by atoms with van der Waals surface area (Å²) in [5, 5.41) is 3.06. The maximum atomic E-state index is 12.9. The van der Waals surface area contributed by atoms with E-state index >= 15 is 0 Å². The third kappa shape index (κ3) is 5.36. The third-order valence-corrected chi connectivity index (χ3v) is 6.65. The van der Waals surface area contributed by atoms with E-state index in [4.69, 9.17) is 11.6 Å². The molecule has 3 rings (SSSR count). The molecule has 1 heterocycles. The Morgan fingerprint density at radius 3 is 2.23 bits per heavy atom. The van der Waals surface area contributed by atoms with Crippen molar-refractivity contribution in [2.45, 2.75) is 45.1 Å². The van der Waals surface area contributed by atoms with Crippen molar-refractivity contribution < 1.29 is 13.2 Å². The fraction of sp³-hybridized carbons (Fsp3) is 0.261. The minimum absolute atomic E-state index is 0.0682. The molecule has 0 saturated heterocycles. The number of nitrogens with zero attached hydrogens (tertiary/aromatic N) is 1. The Balaban J connectivity index is 1.90. The molecule has 0 spiro atoms. The summed E-state index contributed by atoms with van der Waals surface area (Å²) >= 11 is 6.30. The summed E-state index contributed by atoms with van der Waals surface area (Å²) in [6.07, 6.45) is 0. The van der Waals surface area contributed by atoms with E-state index in [0.29, 0.717) is 16.3 Å². The summed E-state index contributed by atoms with van der Waals surface area (Å²) in [5.74, 6) is -0.423. The number of aryl methyl sites for hydroxylation is 2. The van der Waals surface area contributed by atoms with Gasteiger partial charge in [0.25, 0.3) is 5.91 Å². The van der Waals surface area contributed by atoms with Gasteiger partial charge in [-0.2, -0.15) is 0 Å². The molecule has 6 nitrogen and oxygen atoms in total. The third-order valence-electron chi connectivity index (χ3n) is 4.57. The summed E-state index contributed by atoms with van der Waals surface area (Å²) in [6, 6.07) is 15.4. The van der Waals surface area contributed by atoms with Gasteiger partial charge in [-0.05, 0) is 83.1 Å². The minimum atomic E-state index is -3.73. The Morgan fingerprint density at radius 1 is 0.968 bits per heavy atom. The molecule has 2 aromatic carbocycles. The van der Waals surface area contributed by atoms with Gasteiger partial charge in [0.05, 0.1) is 15.5 Å². The number of halogens is 1. The van der Waals surface area contributed by atoms with E-state index in [2.05, 4.69) is 10.0 Å². The number of hydrogen-bond acceptors (Lipinski definition) is 3. The van der Waals surface area contributed by atoms with Crippen LogP contribution in [0.3, 0.4) is 0 Å². The fourth-order valence-electron chi connectivity index (χ4n) is 3.30. The van der Waals surface area contributed by atoms with Crippen molar-refractivity contribution in [3.05, 3.63) is 76.6 Å². The highest BCUT2D eigenvalue weighted by atomic mass is 35.5. The Morgan fingerprint density at radius 2 is 1.61 bits per heavy atom. The molecule has 0 radical (unpaired) electrons. The van der Waals surface area contributed by atoms with Crippen molar-refractivity contribution in [2.75, 3.05) is 5.32 Å². The Hall–Kier alpha value is -2.61. The van der Waals surface area contributed by atoms with Crippen LogP contribution in [0.5, 0.6) is 0 Å². The SMILES string of the molecule is Cc1ccc(C)n1-c1ccc(Cl)c(C(=O)Nc2cccc(S(=O)(=O)NC(C)(C)C)c2)c1. The molecule has 31 heavy (non-hydrogen) atoms. The maximum Gasteiger partial charge on any atom is 0.257 e. The number of sulfonamides is 1. The second-order valence-electron chi connectivity index (χ2n) is 8.45. The van der Waals surface area contributed by atoms with E-state index < -0.39 is 21.5 Å². The van der Waals surface area contributed by atoms with E-state index in [1.165, 1.54) is 12.1 Å². The first-order chi connectivity index (χ1) is 14.4.